The van der Waals surface area contributed by atoms with Crippen molar-refractivity contribution in [2.45, 2.75) is 19.4 Å². The van der Waals surface area contributed by atoms with Crippen molar-refractivity contribution in [2.24, 2.45) is 0 Å². The maximum Gasteiger partial charge on any atom is 0.331 e. The Kier molecular flexibility index (Phi) is 2.34. The highest BCUT2D eigenvalue weighted by Crippen LogP contribution is 2.17. The molecule has 64 valence electrons. The van der Waals surface area contributed by atoms with Gasteiger partial charge in [0.1, 0.15) is 0 Å². The molecule has 1 fully saturated rings. The highest BCUT2D eigenvalue weighted by Gasteiger charge is 2.29. The van der Waals surface area contributed by atoms with Crippen molar-refractivity contribution in [1.29, 1.82) is 0 Å². The summed E-state index contributed by atoms with van der Waals surface area (Å²) >= 11 is 0. The van der Waals surface area contributed by atoms with Gasteiger partial charge in [0.2, 0.25) is 0 Å². The molecule has 1 unspecified atom stereocenters. The third-order valence-electron chi connectivity index (χ3n) is 2.18. The SMILES string of the molecule is CNC(=O)N(C)N1CCC1C. The van der Waals surface area contributed by atoms with Gasteiger partial charge in [-0.3, -0.25) is 5.01 Å². The third kappa shape index (κ3) is 1.45. The highest BCUT2D eigenvalue weighted by atomic mass is 16.2. The minimum atomic E-state index is -0.0449. The molecule has 4 nitrogen and oxygen atoms in total. The number of nitrogens with one attached hydrogen (secondary N) is 1. The van der Waals surface area contributed by atoms with Crippen LogP contribution in [-0.2, 0) is 0 Å². The van der Waals surface area contributed by atoms with Gasteiger partial charge in [-0.2, -0.15) is 0 Å². The van der Waals surface area contributed by atoms with Crippen LogP contribution in [0, 0.1) is 0 Å². The van der Waals surface area contributed by atoms with Crippen molar-refractivity contribution >= 4 is 6.03 Å². The highest BCUT2D eigenvalue weighted by molar-refractivity contribution is 5.72. The van der Waals surface area contributed by atoms with Gasteiger partial charge < -0.3 is 5.32 Å². The van der Waals surface area contributed by atoms with Gasteiger partial charge >= 0.3 is 6.03 Å². The minimum Gasteiger partial charge on any atom is -0.340 e. The lowest BCUT2D eigenvalue weighted by molar-refractivity contribution is -0.0606. The van der Waals surface area contributed by atoms with E-state index in [-0.39, 0.29) is 6.03 Å². The number of rotatable bonds is 1. The molecule has 0 radical (unpaired) electrons. The van der Waals surface area contributed by atoms with E-state index in [9.17, 15) is 4.79 Å². The van der Waals surface area contributed by atoms with Crippen LogP contribution in [0.1, 0.15) is 13.3 Å². The van der Waals surface area contributed by atoms with E-state index in [1.807, 2.05) is 5.01 Å². The van der Waals surface area contributed by atoms with Crippen LogP contribution in [0.25, 0.3) is 0 Å². The van der Waals surface area contributed by atoms with E-state index in [4.69, 9.17) is 0 Å². The van der Waals surface area contributed by atoms with Gasteiger partial charge in [-0.25, -0.2) is 9.80 Å². The molecule has 4 heteroatoms. The van der Waals surface area contributed by atoms with Gasteiger partial charge in [0.25, 0.3) is 0 Å². The van der Waals surface area contributed by atoms with Crippen LogP contribution in [0.5, 0.6) is 0 Å². The zero-order valence-corrected chi connectivity index (χ0v) is 7.29. The molecule has 1 atom stereocenters. The molecule has 0 bridgehead atoms. The van der Waals surface area contributed by atoms with Gasteiger partial charge in [-0.1, -0.05) is 0 Å². The Balaban J connectivity index is 2.40. The van der Waals surface area contributed by atoms with Crippen LogP contribution in [-0.4, -0.2) is 42.7 Å². The molecular formula is C7H15N3O. The van der Waals surface area contributed by atoms with Crippen molar-refractivity contribution < 1.29 is 4.79 Å². The number of urea groups is 1. The summed E-state index contributed by atoms with van der Waals surface area (Å²) in [4.78, 5) is 11.1. The van der Waals surface area contributed by atoms with Gasteiger partial charge in [-0.05, 0) is 13.3 Å². The fraction of sp³-hybridized carbons (Fsp3) is 0.857. The zero-order valence-electron chi connectivity index (χ0n) is 7.29. The smallest absolute Gasteiger partial charge is 0.331 e. The van der Waals surface area contributed by atoms with Gasteiger partial charge in [0.05, 0.1) is 0 Å². The van der Waals surface area contributed by atoms with E-state index >= 15 is 0 Å². The lowest BCUT2D eigenvalue weighted by Gasteiger charge is -2.43. The molecule has 1 heterocycles. The number of hydrogen-bond acceptors (Lipinski definition) is 2. The first-order valence-electron chi connectivity index (χ1n) is 3.88. The van der Waals surface area contributed by atoms with E-state index in [2.05, 4.69) is 12.2 Å². The van der Waals surface area contributed by atoms with Crippen LogP contribution in [0.3, 0.4) is 0 Å². The first-order valence-corrected chi connectivity index (χ1v) is 3.88. The molecule has 0 aromatic rings. The molecule has 0 aromatic carbocycles. The summed E-state index contributed by atoms with van der Waals surface area (Å²) in [5, 5.41) is 6.25. The van der Waals surface area contributed by atoms with Crippen LogP contribution < -0.4 is 5.32 Å². The number of hydrazine groups is 1. The molecular weight excluding hydrogens is 142 g/mol. The minimum absolute atomic E-state index is 0.0449. The summed E-state index contributed by atoms with van der Waals surface area (Å²) in [7, 11) is 3.43. The Bertz CT molecular complexity index is 160. The lowest BCUT2D eigenvalue weighted by atomic mass is 10.1. The average Bonchev–Trinajstić information content (AvgIpc) is 2.00. The van der Waals surface area contributed by atoms with Crippen molar-refractivity contribution in [1.82, 2.24) is 15.3 Å². The Hall–Kier alpha value is -0.770. The molecule has 1 aliphatic heterocycles. The van der Waals surface area contributed by atoms with Crippen LogP contribution in [0.4, 0.5) is 4.79 Å². The summed E-state index contributed by atoms with van der Waals surface area (Å²) < 4.78 is 0. The van der Waals surface area contributed by atoms with Gasteiger partial charge in [0.15, 0.2) is 0 Å². The normalized spacial score (nSPS) is 24.1. The van der Waals surface area contributed by atoms with Crippen molar-refractivity contribution in [2.75, 3.05) is 20.6 Å². The monoisotopic (exact) mass is 157 g/mol. The average molecular weight is 157 g/mol. The van der Waals surface area contributed by atoms with E-state index in [0.29, 0.717) is 6.04 Å². The van der Waals surface area contributed by atoms with Gasteiger partial charge in [-0.15, -0.1) is 0 Å². The molecule has 11 heavy (non-hydrogen) atoms. The molecule has 1 aliphatic rings. The summed E-state index contributed by atoms with van der Waals surface area (Å²) in [5.74, 6) is 0. The molecule has 1 N–H and O–H groups in total. The first-order chi connectivity index (χ1) is 5.16. The van der Waals surface area contributed by atoms with E-state index < -0.39 is 0 Å². The van der Waals surface area contributed by atoms with E-state index in [0.717, 1.165) is 6.54 Å². The Morgan fingerprint density at radius 1 is 1.73 bits per heavy atom. The quantitative estimate of drug-likeness (QED) is 0.593. The fourth-order valence-corrected chi connectivity index (χ4v) is 1.23. The molecule has 0 spiro atoms. The first kappa shape index (κ1) is 8.33. The molecule has 0 saturated carbocycles. The Morgan fingerprint density at radius 3 is 2.64 bits per heavy atom. The van der Waals surface area contributed by atoms with E-state index in [1.165, 1.54) is 6.42 Å². The molecule has 1 saturated heterocycles. The second-order valence-electron chi connectivity index (χ2n) is 2.88. The van der Waals surface area contributed by atoms with Gasteiger partial charge in [0, 0.05) is 26.7 Å². The molecule has 0 aliphatic carbocycles. The summed E-state index contributed by atoms with van der Waals surface area (Å²) in [6.07, 6.45) is 1.18. The maximum absolute atomic E-state index is 11.1. The number of amides is 2. The van der Waals surface area contributed by atoms with Crippen LogP contribution >= 0.6 is 0 Å². The summed E-state index contributed by atoms with van der Waals surface area (Å²) in [6.45, 7) is 3.11. The second-order valence-corrected chi connectivity index (χ2v) is 2.88. The predicted octanol–water partition coefficient (Wildman–Crippen LogP) is 0.267. The molecule has 2 amide bonds. The van der Waals surface area contributed by atoms with Crippen molar-refractivity contribution in [3.8, 4) is 0 Å². The van der Waals surface area contributed by atoms with Crippen molar-refractivity contribution in [3.63, 3.8) is 0 Å². The van der Waals surface area contributed by atoms with Crippen molar-refractivity contribution in [3.05, 3.63) is 0 Å². The van der Waals surface area contributed by atoms with Crippen LogP contribution in [0.2, 0.25) is 0 Å². The fourth-order valence-electron chi connectivity index (χ4n) is 1.23. The lowest BCUT2D eigenvalue weighted by Crippen LogP contribution is -2.58. The standard InChI is InChI=1S/C7H15N3O/c1-6-4-5-10(6)9(3)7(11)8-2/h6H,4-5H2,1-3H3,(H,8,11). The molecule has 1 rings (SSSR count). The van der Waals surface area contributed by atoms with E-state index in [1.54, 1.807) is 19.1 Å². The predicted molar refractivity (Wildman–Crippen MR) is 43.0 cm³/mol. The second kappa shape index (κ2) is 3.09. The summed E-state index contributed by atoms with van der Waals surface area (Å²) in [6, 6.07) is 0.467. The van der Waals surface area contributed by atoms with Crippen LogP contribution in [0.15, 0.2) is 0 Å². The number of hydrogen-bond donors (Lipinski definition) is 1. The topological polar surface area (TPSA) is 35.6 Å². The largest absolute Gasteiger partial charge is 0.340 e. The number of carbonyl (C=O) groups is 1. The Morgan fingerprint density at radius 2 is 2.36 bits per heavy atom. The molecule has 0 aromatic heterocycles. The summed E-state index contributed by atoms with van der Waals surface area (Å²) in [5.41, 5.74) is 0. The third-order valence-corrected chi connectivity index (χ3v) is 2.18. The number of nitrogens with zero attached hydrogens (tertiary/aromatic N) is 2. The maximum atomic E-state index is 11.1. The Labute approximate surface area is 67.1 Å². The zero-order chi connectivity index (χ0) is 8.43. The number of carbonyl (C=O) groups excluding carboxylic acids is 1.